The van der Waals surface area contributed by atoms with Crippen molar-refractivity contribution in [3.05, 3.63) is 25.3 Å². The van der Waals surface area contributed by atoms with Crippen LogP contribution in [-0.2, 0) is 9.47 Å². The van der Waals surface area contributed by atoms with Crippen molar-refractivity contribution in [2.45, 2.75) is 77.7 Å². The molecular formula is C22H36N8O4. The molecule has 2 atom stereocenters. The molecule has 0 bridgehead atoms. The number of rotatable bonds is 2. The summed E-state index contributed by atoms with van der Waals surface area (Å²) in [6, 6.07) is 0.475. The molecule has 2 aliphatic heterocycles. The van der Waals surface area contributed by atoms with Gasteiger partial charge in [0, 0.05) is 26.2 Å². The molecule has 2 aromatic heterocycles. The van der Waals surface area contributed by atoms with Crippen molar-refractivity contribution in [1.29, 1.82) is 0 Å². The van der Waals surface area contributed by atoms with Crippen LogP contribution in [0.4, 0.5) is 9.59 Å². The van der Waals surface area contributed by atoms with Crippen molar-refractivity contribution in [2.75, 3.05) is 26.2 Å². The van der Waals surface area contributed by atoms with E-state index < -0.39 is 11.2 Å². The molecule has 0 saturated carbocycles. The molecule has 2 aromatic rings. The third-order valence-electron chi connectivity index (χ3n) is 5.30. The third-order valence-corrected chi connectivity index (χ3v) is 5.30. The third kappa shape index (κ3) is 7.42. The minimum Gasteiger partial charge on any atom is -0.444 e. The van der Waals surface area contributed by atoms with Gasteiger partial charge in [-0.05, 0) is 54.4 Å². The van der Waals surface area contributed by atoms with E-state index in [0.717, 1.165) is 19.4 Å². The van der Waals surface area contributed by atoms with E-state index in [1.807, 2.05) is 46.1 Å². The average Bonchev–Trinajstić information content (AvgIpc) is 3.54. The number of hydrogen-bond donors (Lipinski definition) is 0. The quantitative estimate of drug-likeness (QED) is 0.649. The van der Waals surface area contributed by atoms with Gasteiger partial charge in [0.05, 0.1) is 12.1 Å². The lowest BCUT2D eigenvalue weighted by Gasteiger charge is -2.24. The Hall–Kier alpha value is -3.18. The summed E-state index contributed by atoms with van der Waals surface area (Å²) >= 11 is 0. The van der Waals surface area contributed by atoms with E-state index in [0.29, 0.717) is 19.6 Å². The molecule has 34 heavy (non-hydrogen) atoms. The first-order chi connectivity index (χ1) is 15.9. The zero-order chi connectivity index (χ0) is 24.9. The van der Waals surface area contributed by atoms with Gasteiger partial charge in [0.2, 0.25) is 0 Å². The lowest BCUT2D eigenvalue weighted by atomic mass is 10.2. The smallest absolute Gasteiger partial charge is 0.410 e. The number of aromatic nitrogens is 6. The van der Waals surface area contributed by atoms with Crippen LogP contribution in [0.2, 0.25) is 0 Å². The predicted octanol–water partition coefficient (Wildman–Crippen LogP) is 2.92. The number of amides is 2. The molecule has 2 fully saturated rings. The summed E-state index contributed by atoms with van der Waals surface area (Å²) in [5, 5.41) is 11.6. The molecule has 2 saturated heterocycles. The molecule has 0 spiro atoms. The lowest BCUT2D eigenvalue weighted by Crippen LogP contribution is -2.35. The van der Waals surface area contributed by atoms with Gasteiger partial charge >= 0.3 is 12.2 Å². The second kappa shape index (κ2) is 10.4. The van der Waals surface area contributed by atoms with Crippen molar-refractivity contribution in [3.8, 4) is 0 Å². The summed E-state index contributed by atoms with van der Waals surface area (Å²) < 4.78 is 14.4. The zero-order valence-corrected chi connectivity index (χ0v) is 20.9. The minimum atomic E-state index is -0.442. The summed E-state index contributed by atoms with van der Waals surface area (Å²) in [6.45, 7) is 14.0. The fourth-order valence-electron chi connectivity index (χ4n) is 3.73. The van der Waals surface area contributed by atoms with Crippen molar-refractivity contribution < 1.29 is 19.1 Å². The molecule has 0 aromatic carbocycles. The number of hydrogen-bond acceptors (Lipinski definition) is 8. The topological polar surface area (TPSA) is 120 Å². The van der Waals surface area contributed by atoms with E-state index in [9.17, 15) is 9.59 Å². The Kier molecular flexibility index (Phi) is 7.78. The molecule has 12 heteroatoms. The van der Waals surface area contributed by atoms with Gasteiger partial charge in [-0.25, -0.2) is 19.3 Å². The van der Waals surface area contributed by atoms with Crippen LogP contribution in [0.5, 0.6) is 0 Å². The van der Waals surface area contributed by atoms with Crippen LogP contribution >= 0.6 is 0 Å². The maximum Gasteiger partial charge on any atom is 0.410 e. The van der Waals surface area contributed by atoms with Gasteiger partial charge in [-0.3, -0.25) is 0 Å². The molecular weight excluding hydrogens is 440 g/mol. The highest BCUT2D eigenvalue weighted by atomic mass is 16.6. The molecule has 2 unspecified atom stereocenters. The lowest BCUT2D eigenvalue weighted by molar-refractivity contribution is 0.0278. The molecule has 4 rings (SSSR count). The molecule has 4 heterocycles. The predicted molar refractivity (Wildman–Crippen MR) is 123 cm³/mol. The van der Waals surface area contributed by atoms with Gasteiger partial charge in [0.15, 0.2) is 0 Å². The molecule has 0 N–H and O–H groups in total. The van der Waals surface area contributed by atoms with E-state index in [2.05, 4.69) is 20.3 Å². The highest BCUT2D eigenvalue weighted by Gasteiger charge is 2.31. The van der Waals surface area contributed by atoms with Crippen LogP contribution in [0.3, 0.4) is 0 Å². The fourth-order valence-corrected chi connectivity index (χ4v) is 3.73. The molecule has 0 radical (unpaired) electrons. The average molecular weight is 477 g/mol. The minimum absolute atomic E-state index is 0.213. The Balaban J connectivity index is 0.000000191. The number of carbonyl (C=O) groups is 2. The SMILES string of the molecule is CC(C)(C)OC(=O)N1CCC(n2cncn2)C1.CC(C)(C)OC(=O)N1CCC(n2cnnc2)C1. The van der Waals surface area contributed by atoms with E-state index in [1.165, 1.54) is 6.33 Å². The Labute approximate surface area is 200 Å². The van der Waals surface area contributed by atoms with Crippen molar-refractivity contribution in [3.63, 3.8) is 0 Å². The fraction of sp³-hybridized carbons (Fsp3) is 0.727. The van der Waals surface area contributed by atoms with Gasteiger partial charge in [-0.2, -0.15) is 5.10 Å². The standard InChI is InChI=1S/2C11H18N4O2/c1-11(2,3)17-10(16)14-5-4-9(6-14)15-7-12-13-8-15;1-11(2,3)17-10(16)14-5-4-9(6-14)15-8-12-7-13-15/h2*7-9H,4-6H2,1-3H3. The molecule has 12 nitrogen and oxygen atoms in total. The molecule has 2 amide bonds. The van der Waals surface area contributed by atoms with Crippen LogP contribution in [-0.4, -0.2) is 88.9 Å². The van der Waals surface area contributed by atoms with Gasteiger partial charge in [0.25, 0.3) is 0 Å². The Morgan fingerprint density at radius 3 is 1.76 bits per heavy atom. The molecule has 2 aliphatic rings. The van der Waals surface area contributed by atoms with E-state index in [4.69, 9.17) is 9.47 Å². The van der Waals surface area contributed by atoms with E-state index in [1.54, 1.807) is 33.5 Å². The zero-order valence-electron chi connectivity index (χ0n) is 20.9. The highest BCUT2D eigenvalue weighted by Crippen LogP contribution is 2.23. The maximum absolute atomic E-state index is 11.8. The number of carbonyl (C=O) groups excluding carboxylic acids is 2. The Morgan fingerprint density at radius 1 is 0.794 bits per heavy atom. The molecule has 0 aliphatic carbocycles. The Morgan fingerprint density at radius 2 is 1.29 bits per heavy atom. The summed E-state index contributed by atoms with van der Waals surface area (Å²) in [5.41, 5.74) is -0.881. The second-order valence-electron chi connectivity index (χ2n) is 10.5. The van der Waals surface area contributed by atoms with Crippen molar-refractivity contribution in [2.24, 2.45) is 0 Å². The number of ether oxygens (including phenoxy) is 2. The summed E-state index contributed by atoms with van der Waals surface area (Å²) in [5.74, 6) is 0. The van der Waals surface area contributed by atoms with E-state index in [-0.39, 0.29) is 24.3 Å². The van der Waals surface area contributed by atoms with Gasteiger partial charge in [0.1, 0.15) is 36.5 Å². The number of nitrogens with zero attached hydrogens (tertiary/aromatic N) is 8. The van der Waals surface area contributed by atoms with Crippen LogP contribution in [0.15, 0.2) is 25.3 Å². The number of likely N-dealkylation sites (tertiary alicyclic amines) is 2. The van der Waals surface area contributed by atoms with Gasteiger partial charge in [-0.15, -0.1) is 10.2 Å². The maximum atomic E-state index is 11.8. The summed E-state index contributed by atoms with van der Waals surface area (Å²) in [4.78, 5) is 31.0. The van der Waals surface area contributed by atoms with Crippen LogP contribution in [0, 0.1) is 0 Å². The monoisotopic (exact) mass is 476 g/mol. The van der Waals surface area contributed by atoms with Crippen molar-refractivity contribution in [1.82, 2.24) is 39.3 Å². The van der Waals surface area contributed by atoms with Crippen LogP contribution < -0.4 is 0 Å². The molecule has 188 valence electrons. The van der Waals surface area contributed by atoms with Crippen molar-refractivity contribution >= 4 is 12.2 Å². The van der Waals surface area contributed by atoms with Gasteiger partial charge in [-0.1, -0.05) is 0 Å². The first-order valence-electron chi connectivity index (χ1n) is 11.6. The summed E-state index contributed by atoms with van der Waals surface area (Å²) in [6.07, 6.45) is 7.87. The first kappa shape index (κ1) is 25.4. The van der Waals surface area contributed by atoms with Crippen LogP contribution in [0.25, 0.3) is 0 Å². The van der Waals surface area contributed by atoms with Crippen LogP contribution in [0.1, 0.15) is 66.5 Å². The largest absolute Gasteiger partial charge is 0.444 e. The highest BCUT2D eigenvalue weighted by molar-refractivity contribution is 5.69. The second-order valence-corrected chi connectivity index (χ2v) is 10.5. The van der Waals surface area contributed by atoms with Gasteiger partial charge < -0.3 is 23.8 Å². The first-order valence-corrected chi connectivity index (χ1v) is 11.6. The van der Waals surface area contributed by atoms with E-state index >= 15 is 0 Å². The summed E-state index contributed by atoms with van der Waals surface area (Å²) in [7, 11) is 0. The Bertz CT molecular complexity index is 842. The normalized spacial score (nSPS) is 20.6.